The molecule has 0 atom stereocenters. The predicted octanol–water partition coefficient (Wildman–Crippen LogP) is 3.50. The van der Waals surface area contributed by atoms with Gasteiger partial charge in [-0.2, -0.15) is 0 Å². The Hall–Kier alpha value is -3.18. The van der Waals surface area contributed by atoms with Crippen molar-refractivity contribution >= 4 is 11.9 Å². The Balaban J connectivity index is 2.27. The zero-order valence-electron chi connectivity index (χ0n) is 10.6. The van der Waals surface area contributed by atoms with Gasteiger partial charge in [0.2, 0.25) is 0 Å². The number of halogens is 1. The van der Waals surface area contributed by atoms with Crippen molar-refractivity contribution in [2.24, 2.45) is 5.11 Å². The molecule has 1 amide bonds. The first-order chi connectivity index (χ1) is 10.1. The molecule has 0 saturated heterocycles. The van der Waals surface area contributed by atoms with Crippen LogP contribution in [0.25, 0.3) is 10.4 Å². The second-order valence-corrected chi connectivity index (χ2v) is 3.89. The number of hydrogen-bond donors (Lipinski definition) is 0. The van der Waals surface area contributed by atoms with Gasteiger partial charge in [-0.1, -0.05) is 12.1 Å². The smallest absolute Gasteiger partial charge is 0.343 e. The Morgan fingerprint density at radius 2 is 1.76 bits per heavy atom. The van der Waals surface area contributed by atoms with Gasteiger partial charge in [-0.25, -0.2) is 9.18 Å². The average molecular weight is 285 g/mol. The lowest BCUT2D eigenvalue weighted by molar-refractivity contribution is 0.0732. The Bertz CT molecular complexity index is 737. The molecule has 7 heteroatoms. The van der Waals surface area contributed by atoms with E-state index in [1.807, 2.05) is 0 Å². The number of azide groups is 1. The van der Waals surface area contributed by atoms with Crippen LogP contribution in [0.5, 0.6) is 5.75 Å². The number of rotatable bonds is 3. The second kappa shape index (κ2) is 6.31. The van der Waals surface area contributed by atoms with Gasteiger partial charge in [0, 0.05) is 4.91 Å². The Morgan fingerprint density at radius 3 is 2.43 bits per heavy atom. The summed E-state index contributed by atoms with van der Waals surface area (Å²) in [5.41, 5.74) is 8.36. The van der Waals surface area contributed by atoms with E-state index in [2.05, 4.69) is 10.0 Å². The first-order valence-corrected chi connectivity index (χ1v) is 5.78. The molecule has 0 N–H and O–H groups in total. The van der Waals surface area contributed by atoms with Gasteiger partial charge in [-0.3, -0.25) is 4.79 Å². The largest absolute Gasteiger partial charge is 0.422 e. The highest BCUT2D eigenvalue weighted by Crippen LogP contribution is 2.20. The summed E-state index contributed by atoms with van der Waals surface area (Å²) in [6, 6.07) is 10.6. The maximum atomic E-state index is 12.8. The normalized spacial score (nSPS) is 9.57. The van der Waals surface area contributed by atoms with Crippen molar-refractivity contribution in [3.63, 3.8) is 0 Å². The summed E-state index contributed by atoms with van der Waals surface area (Å²) in [5, 5.41) is 2.95. The van der Waals surface area contributed by atoms with E-state index in [1.54, 1.807) is 6.07 Å². The van der Waals surface area contributed by atoms with Gasteiger partial charge in [0.05, 0.1) is 11.1 Å². The van der Waals surface area contributed by atoms with Crippen LogP contribution in [0.1, 0.15) is 20.7 Å². The number of carbonyl (C=O) groups excluding carboxylic acids is 2. The molecule has 104 valence electrons. The third kappa shape index (κ3) is 3.43. The van der Waals surface area contributed by atoms with Gasteiger partial charge < -0.3 is 4.74 Å². The summed E-state index contributed by atoms with van der Waals surface area (Å²) in [5.74, 6) is -2.13. The standard InChI is InChI=1S/C14H8FN3O3/c15-10-7-5-9(6-8-10)14(20)21-12-4-2-1-3-11(12)13(19)17-18-16/h1-8H. The maximum absolute atomic E-state index is 12.8. The molecule has 0 aliphatic rings. The lowest BCUT2D eigenvalue weighted by Gasteiger charge is -2.07. The first-order valence-electron chi connectivity index (χ1n) is 5.78. The molecule has 0 aliphatic carbocycles. The fourth-order valence-corrected chi connectivity index (χ4v) is 1.57. The Labute approximate surface area is 118 Å². The number of para-hydroxylation sites is 1. The third-order valence-electron chi connectivity index (χ3n) is 2.54. The molecule has 0 aliphatic heterocycles. The minimum Gasteiger partial charge on any atom is -0.422 e. The molecule has 0 saturated carbocycles. The minimum absolute atomic E-state index is 0.0363. The van der Waals surface area contributed by atoms with Crippen LogP contribution in [0, 0.1) is 5.82 Å². The van der Waals surface area contributed by atoms with Gasteiger partial charge in [0.15, 0.2) is 0 Å². The quantitative estimate of drug-likeness (QED) is 0.284. The molecule has 2 rings (SSSR count). The van der Waals surface area contributed by atoms with Crippen LogP contribution < -0.4 is 4.74 Å². The van der Waals surface area contributed by atoms with E-state index < -0.39 is 17.7 Å². The van der Waals surface area contributed by atoms with Crippen LogP contribution in [0.2, 0.25) is 0 Å². The number of ether oxygens (including phenoxy) is 1. The summed E-state index contributed by atoms with van der Waals surface area (Å²) in [6.45, 7) is 0. The average Bonchev–Trinajstić information content (AvgIpc) is 2.48. The predicted molar refractivity (Wildman–Crippen MR) is 71.3 cm³/mol. The van der Waals surface area contributed by atoms with Gasteiger partial charge >= 0.3 is 5.97 Å². The molecule has 0 unspecified atom stereocenters. The summed E-state index contributed by atoms with van der Waals surface area (Å²) in [7, 11) is 0. The highest BCUT2D eigenvalue weighted by molar-refractivity contribution is 5.99. The molecular formula is C14H8FN3O3. The summed E-state index contributed by atoms with van der Waals surface area (Å²) >= 11 is 0. The van der Waals surface area contributed by atoms with Crippen LogP contribution >= 0.6 is 0 Å². The van der Waals surface area contributed by atoms with Crippen molar-refractivity contribution in [3.05, 3.63) is 75.9 Å². The lowest BCUT2D eigenvalue weighted by Crippen LogP contribution is -2.11. The van der Waals surface area contributed by atoms with Crippen LogP contribution in [-0.4, -0.2) is 11.9 Å². The molecule has 2 aromatic rings. The van der Waals surface area contributed by atoms with Crippen molar-refractivity contribution in [1.29, 1.82) is 0 Å². The molecule has 0 radical (unpaired) electrons. The van der Waals surface area contributed by atoms with Gasteiger partial charge in [0.25, 0.3) is 5.91 Å². The van der Waals surface area contributed by atoms with Crippen molar-refractivity contribution < 1.29 is 18.7 Å². The number of esters is 1. The number of amides is 1. The van der Waals surface area contributed by atoms with Crippen LogP contribution in [0.4, 0.5) is 4.39 Å². The van der Waals surface area contributed by atoms with Gasteiger partial charge in [-0.05, 0) is 47.0 Å². The highest BCUT2D eigenvalue weighted by atomic mass is 19.1. The minimum atomic E-state index is -0.861. The first kappa shape index (κ1) is 14.2. The van der Waals surface area contributed by atoms with Crippen LogP contribution in [0.3, 0.4) is 0 Å². The molecule has 0 heterocycles. The van der Waals surface area contributed by atoms with Crippen molar-refractivity contribution in [1.82, 2.24) is 0 Å². The molecule has 0 fully saturated rings. The van der Waals surface area contributed by atoms with Gasteiger partial charge in [0.1, 0.15) is 11.6 Å². The van der Waals surface area contributed by atoms with E-state index in [4.69, 9.17) is 10.3 Å². The summed E-state index contributed by atoms with van der Waals surface area (Å²) in [4.78, 5) is 25.9. The van der Waals surface area contributed by atoms with Crippen LogP contribution in [-0.2, 0) is 0 Å². The Morgan fingerprint density at radius 1 is 1.10 bits per heavy atom. The van der Waals surface area contributed by atoms with Crippen molar-refractivity contribution in [3.8, 4) is 5.75 Å². The fourth-order valence-electron chi connectivity index (χ4n) is 1.57. The lowest BCUT2D eigenvalue weighted by atomic mass is 10.2. The van der Waals surface area contributed by atoms with E-state index in [1.165, 1.54) is 30.3 Å². The monoisotopic (exact) mass is 285 g/mol. The molecule has 2 aromatic carbocycles. The second-order valence-electron chi connectivity index (χ2n) is 3.89. The number of benzene rings is 2. The summed E-state index contributed by atoms with van der Waals surface area (Å²) in [6.07, 6.45) is 0. The van der Waals surface area contributed by atoms with Crippen LogP contribution in [0.15, 0.2) is 53.6 Å². The molecule has 6 nitrogen and oxygen atoms in total. The SMILES string of the molecule is [N-]=[N+]=NC(=O)c1ccccc1OC(=O)c1ccc(F)cc1. The van der Waals surface area contributed by atoms with E-state index in [0.717, 1.165) is 12.1 Å². The number of nitrogens with zero attached hydrogens (tertiary/aromatic N) is 3. The van der Waals surface area contributed by atoms with E-state index in [0.29, 0.717) is 0 Å². The summed E-state index contributed by atoms with van der Waals surface area (Å²) < 4.78 is 17.9. The Kier molecular flexibility index (Phi) is 4.28. The fraction of sp³-hybridized carbons (Fsp3) is 0. The number of carbonyl (C=O) groups is 2. The number of hydrogen-bond acceptors (Lipinski definition) is 3. The topological polar surface area (TPSA) is 92.1 Å². The third-order valence-corrected chi connectivity index (χ3v) is 2.54. The van der Waals surface area contributed by atoms with E-state index >= 15 is 0 Å². The molecule has 0 bridgehead atoms. The molecule has 0 aromatic heterocycles. The molecule has 21 heavy (non-hydrogen) atoms. The van der Waals surface area contributed by atoms with Crippen molar-refractivity contribution in [2.45, 2.75) is 0 Å². The maximum Gasteiger partial charge on any atom is 0.343 e. The molecule has 0 spiro atoms. The van der Waals surface area contributed by atoms with Gasteiger partial charge in [-0.15, -0.1) is 0 Å². The van der Waals surface area contributed by atoms with E-state index in [-0.39, 0.29) is 16.9 Å². The molecular weight excluding hydrogens is 277 g/mol. The highest BCUT2D eigenvalue weighted by Gasteiger charge is 2.15. The zero-order chi connectivity index (χ0) is 15.2. The van der Waals surface area contributed by atoms with Crippen molar-refractivity contribution in [2.75, 3.05) is 0 Å². The van der Waals surface area contributed by atoms with E-state index in [9.17, 15) is 14.0 Å². The zero-order valence-corrected chi connectivity index (χ0v) is 10.6.